The molecule has 0 amide bonds. The number of pyridine rings is 1. The third-order valence-electron chi connectivity index (χ3n) is 2.83. The van der Waals surface area contributed by atoms with Crippen molar-refractivity contribution in [2.24, 2.45) is 0 Å². The number of hydrogen-bond donors (Lipinski definition) is 1. The minimum atomic E-state index is 0.0586. The van der Waals surface area contributed by atoms with Crippen LogP contribution in [0, 0.1) is 19.3 Å². The zero-order valence-corrected chi connectivity index (χ0v) is 10.8. The van der Waals surface area contributed by atoms with Crippen LogP contribution in [0.15, 0.2) is 36.5 Å². The number of rotatable bonds is 4. The van der Waals surface area contributed by atoms with E-state index in [1.54, 1.807) is 13.1 Å². The Bertz CT molecular complexity index is 600. The van der Waals surface area contributed by atoms with Crippen LogP contribution in [0.5, 0.6) is 5.75 Å². The van der Waals surface area contributed by atoms with Gasteiger partial charge in [-0.05, 0) is 12.5 Å². The molecule has 19 heavy (non-hydrogen) atoms. The molecule has 0 spiro atoms. The molecular formula is C16H15NO2. The lowest BCUT2D eigenvalue weighted by atomic mass is 10.1. The van der Waals surface area contributed by atoms with Gasteiger partial charge in [-0.2, -0.15) is 0 Å². The van der Waals surface area contributed by atoms with E-state index < -0.39 is 0 Å². The Morgan fingerprint density at radius 1 is 1.26 bits per heavy atom. The standard InChI is InChI=1S/C16H15NO2/c1-3-15-14(9-17-12(2)16(15)18)11-19-10-13-7-5-4-6-8-13/h1,4-9,18H,10-11H2,2H3. The van der Waals surface area contributed by atoms with Gasteiger partial charge in [0.05, 0.1) is 24.5 Å². The topological polar surface area (TPSA) is 42.4 Å². The maximum atomic E-state index is 9.83. The number of terminal acetylenes is 1. The summed E-state index contributed by atoms with van der Waals surface area (Å²) in [6, 6.07) is 9.87. The van der Waals surface area contributed by atoms with Gasteiger partial charge in [0.15, 0.2) is 5.75 Å². The Morgan fingerprint density at radius 3 is 2.68 bits per heavy atom. The summed E-state index contributed by atoms with van der Waals surface area (Å²) in [4.78, 5) is 4.09. The lowest BCUT2D eigenvalue weighted by molar-refractivity contribution is 0.106. The van der Waals surface area contributed by atoms with Gasteiger partial charge < -0.3 is 9.84 Å². The van der Waals surface area contributed by atoms with Crippen LogP contribution in [0.2, 0.25) is 0 Å². The van der Waals surface area contributed by atoms with Gasteiger partial charge in [0.25, 0.3) is 0 Å². The molecule has 1 N–H and O–H groups in total. The normalized spacial score (nSPS) is 10.1. The maximum absolute atomic E-state index is 9.83. The lowest BCUT2D eigenvalue weighted by Crippen LogP contribution is -1.99. The monoisotopic (exact) mass is 253 g/mol. The molecule has 2 aromatic rings. The predicted molar refractivity (Wildman–Crippen MR) is 73.5 cm³/mol. The van der Waals surface area contributed by atoms with Crippen molar-refractivity contribution < 1.29 is 9.84 Å². The zero-order valence-electron chi connectivity index (χ0n) is 10.8. The number of ether oxygens (including phenoxy) is 1. The Labute approximate surface area is 112 Å². The van der Waals surface area contributed by atoms with Gasteiger partial charge in [-0.1, -0.05) is 36.3 Å². The molecule has 3 heteroatoms. The first-order valence-corrected chi connectivity index (χ1v) is 5.98. The van der Waals surface area contributed by atoms with Gasteiger partial charge in [0.1, 0.15) is 0 Å². The van der Waals surface area contributed by atoms with Crippen molar-refractivity contribution >= 4 is 0 Å². The molecule has 3 nitrogen and oxygen atoms in total. The van der Waals surface area contributed by atoms with Gasteiger partial charge in [-0.3, -0.25) is 4.98 Å². The Morgan fingerprint density at radius 2 is 2.00 bits per heavy atom. The summed E-state index contributed by atoms with van der Waals surface area (Å²) in [5.74, 6) is 2.54. The Hall–Kier alpha value is -2.31. The van der Waals surface area contributed by atoms with E-state index in [4.69, 9.17) is 11.2 Å². The molecule has 0 aliphatic carbocycles. The lowest BCUT2D eigenvalue weighted by Gasteiger charge is -2.09. The molecule has 0 saturated heterocycles. The molecule has 0 saturated carbocycles. The van der Waals surface area contributed by atoms with Crippen LogP contribution in [0.3, 0.4) is 0 Å². The fraction of sp³-hybridized carbons (Fsp3) is 0.188. The molecule has 0 aliphatic heterocycles. The summed E-state index contributed by atoms with van der Waals surface area (Å²) in [7, 11) is 0. The largest absolute Gasteiger partial charge is 0.505 e. The van der Waals surface area contributed by atoms with Gasteiger partial charge in [-0.25, -0.2) is 0 Å². The second-order valence-corrected chi connectivity index (χ2v) is 4.22. The van der Waals surface area contributed by atoms with E-state index in [2.05, 4.69) is 10.9 Å². The van der Waals surface area contributed by atoms with Crippen LogP contribution in [-0.4, -0.2) is 10.1 Å². The van der Waals surface area contributed by atoms with Crippen LogP contribution in [0.1, 0.15) is 22.4 Å². The maximum Gasteiger partial charge on any atom is 0.152 e. The minimum absolute atomic E-state index is 0.0586. The Balaban J connectivity index is 2.05. The number of aromatic hydroxyl groups is 1. The summed E-state index contributed by atoms with van der Waals surface area (Å²) in [6.45, 7) is 2.54. The third kappa shape index (κ3) is 3.12. The molecule has 0 radical (unpaired) electrons. The molecule has 0 bridgehead atoms. The number of nitrogens with zero attached hydrogens (tertiary/aromatic N) is 1. The summed E-state index contributed by atoms with van der Waals surface area (Å²) in [6.07, 6.45) is 7.06. The molecular weight excluding hydrogens is 238 g/mol. The van der Waals surface area contributed by atoms with Crippen LogP contribution < -0.4 is 0 Å². The number of hydrogen-bond acceptors (Lipinski definition) is 3. The average molecular weight is 253 g/mol. The van der Waals surface area contributed by atoms with Crippen molar-refractivity contribution in [2.75, 3.05) is 0 Å². The highest BCUT2D eigenvalue weighted by atomic mass is 16.5. The van der Waals surface area contributed by atoms with Crippen molar-refractivity contribution in [1.29, 1.82) is 0 Å². The van der Waals surface area contributed by atoms with Crippen molar-refractivity contribution in [3.63, 3.8) is 0 Å². The van der Waals surface area contributed by atoms with E-state index in [1.807, 2.05) is 30.3 Å². The van der Waals surface area contributed by atoms with E-state index in [1.165, 1.54) is 0 Å². The Kier molecular flexibility index (Phi) is 4.17. The van der Waals surface area contributed by atoms with E-state index in [9.17, 15) is 5.11 Å². The minimum Gasteiger partial charge on any atom is -0.505 e. The first-order chi connectivity index (χ1) is 9.22. The van der Waals surface area contributed by atoms with Gasteiger partial charge in [-0.15, -0.1) is 6.42 Å². The number of aromatic nitrogens is 1. The third-order valence-corrected chi connectivity index (χ3v) is 2.83. The first-order valence-electron chi connectivity index (χ1n) is 5.98. The van der Waals surface area contributed by atoms with E-state index >= 15 is 0 Å². The highest BCUT2D eigenvalue weighted by Gasteiger charge is 2.09. The summed E-state index contributed by atoms with van der Waals surface area (Å²) in [5, 5.41) is 9.83. The van der Waals surface area contributed by atoms with E-state index in [-0.39, 0.29) is 5.75 Å². The van der Waals surface area contributed by atoms with Crippen LogP contribution in [0.25, 0.3) is 0 Å². The number of aryl methyl sites for hydroxylation is 1. The van der Waals surface area contributed by atoms with E-state index in [0.29, 0.717) is 24.5 Å². The van der Waals surface area contributed by atoms with Crippen molar-refractivity contribution in [1.82, 2.24) is 4.98 Å². The second-order valence-electron chi connectivity index (χ2n) is 4.22. The molecule has 2 rings (SSSR count). The van der Waals surface area contributed by atoms with Gasteiger partial charge >= 0.3 is 0 Å². The summed E-state index contributed by atoms with van der Waals surface area (Å²) in [5.41, 5.74) is 2.80. The smallest absolute Gasteiger partial charge is 0.152 e. The summed E-state index contributed by atoms with van der Waals surface area (Å²) >= 11 is 0. The first kappa shape index (κ1) is 13.1. The molecule has 96 valence electrons. The van der Waals surface area contributed by atoms with Crippen molar-refractivity contribution in [3.8, 4) is 18.1 Å². The average Bonchev–Trinajstić information content (AvgIpc) is 2.44. The van der Waals surface area contributed by atoms with Crippen LogP contribution in [0.4, 0.5) is 0 Å². The molecule has 1 heterocycles. The van der Waals surface area contributed by atoms with Crippen molar-refractivity contribution in [2.45, 2.75) is 20.1 Å². The SMILES string of the molecule is C#Cc1c(COCc2ccccc2)cnc(C)c1O. The van der Waals surface area contributed by atoms with Crippen LogP contribution in [-0.2, 0) is 18.0 Å². The summed E-state index contributed by atoms with van der Waals surface area (Å²) < 4.78 is 5.60. The molecule has 0 unspecified atom stereocenters. The molecule has 1 aromatic carbocycles. The number of benzene rings is 1. The molecule has 0 fully saturated rings. The predicted octanol–water partition coefficient (Wildman–Crippen LogP) is 2.79. The van der Waals surface area contributed by atoms with Gasteiger partial charge in [0, 0.05) is 11.8 Å². The second kappa shape index (κ2) is 6.03. The fourth-order valence-electron chi connectivity index (χ4n) is 1.76. The zero-order chi connectivity index (χ0) is 13.7. The van der Waals surface area contributed by atoms with Gasteiger partial charge in [0.2, 0.25) is 0 Å². The van der Waals surface area contributed by atoms with E-state index in [0.717, 1.165) is 11.1 Å². The fourth-order valence-corrected chi connectivity index (χ4v) is 1.76. The van der Waals surface area contributed by atoms with Crippen LogP contribution >= 0.6 is 0 Å². The van der Waals surface area contributed by atoms with Crippen molar-refractivity contribution in [3.05, 3.63) is 58.9 Å². The molecule has 1 aromatic heterocycles. The highest BCUT2D eigenvalue weighted by molar-refractivity contribution is 5.50. The quantitative estimate of drug-likeness (QED) is 0.852. The highest BCUT2D eigenvalue weighted by Crippen LogP contribution is 2.23. The molecule has 0 atom stereocenters. The molecule has 0 aliphatic rings.